The van der Waals surface area contributed by atoms with E-state index in [-0.39, 0.29) is 0 Å². The van der Waals surface area contributed by atoms with Gasteiger partial charge in [-0.15, -0.1) is 6.58 Å². The number of allylic oxidation sites excluding steroid dienone is 1. The van der Waals surface area contributed by atoms with E-state index in [9.17, 15) is 0 Å². The molecule has 10 heavy (non-hydrogen) atoms. The van der Waals surface area contributed by atoms with Crippen molar-refractivity contribution < 1.29 is 0 Å². The van der Waals surface area contributed by atoms with E-state index in [1.165, 1.54) is 38.5 Å². The van der Waals surface area contributed by atoms with Crippen LogP contribution < -0.4 is 0 Å². The van der Waals surface area contributed by atoms with Gasteiger partial charge in [-0.2, -0.15) is 0 Å². The molecule has 0 amide bonds. The molecule has 0 atom stereocenters. The van der Waals surface area contributed by atoms with Crippen molar-refractivity contribution in [1.82, 2.24) is 0 Å². The van der Waals surface area contributed by atoms with Crippen molar-refractivity contribution in [2.75, 3.05) is 0 Å². The third-order valence-corrected chi connectivity index (χ3v) is 1.74. The summed E-state index contributed by atoms with van der Waals surface area (Å²) in [7, 11) is 0. The fourth-order valence-corrected chi connectivity index (χ4v) is 1.09. The van der Waals surface area contributed by atoms with Gasteiger partial charge in [0, 0.05) is 0 Å². The molecular weight excluding hydrogens is 120 g/mol. The SMILES string of the molecule is C1CCCC1.C=CCCC. The van der Waals surface area contributed by atoms with Gasteiger partial charge in [0.15, 0.2) is 0 Å². The number of unbranched alkanes of at least 4 members (excludes halogenated alkanes) is 1. The van der Waals surface area contributed by atoms with E-state index in [0.29, 0.717) is 0 Å². The van der Waals surface area contributed by atoms with Crippen molar-refractivity contribution in [3.05, 3.63) is 12.7 Å². The lowest BCUT2D eigenvalue weighted by Gasteiger charge is -1.72. The van der Waals surface area contributed by atoms with Crippen molar-refractivity contribution in [2.45, 2.75) is 51.9 Å². The Labute approximate surface area is 65.3 Å². The van der Waals surface area contributed by atoms with E-state index >= 15 is 0 Å². The van der Waals surface area contributed by atoms with E-state index < -0.39 is 0 Å². The van der Waals surface area contributed by atoms with Gasteiger partial charge in [0.05, 0.1) is 0 Å². The minimum atomic E-state index is 1.15. The highest BCUT2D eigenvalue weighted by molar-refractivity contribution is 4.63. The van der Waals surface area contributed by atoms with E-state index in [1.807, 2.05) is 6.08 Å². The zero-order valence-corrected chi connectivity index (χ0v) is 7.23. The molecule has 0 saturated heterocycles. The van der Waals surface area contributed by atoms with Crippen LogP contribution in [-0.2, 0) is 0 Å². The molecule has 0 N–H and O–H groups in total. The molecular formula is C10H20. The van der Waals surface area contributed by atoms with Crippen LogP contribution >= 0.6 is 0 Å². The summed E-state index contributed by atoms with van der Waals surface area (Å²) in [5.74, 6) is 0. The lowest BCUT2D eigenvalue weighted by molar-refractivity contribution is 0.886. The standard InChI is InChI=1S/2C5H10/c1-2-4-5-3-1;1-3-5-4-2/h1-5H2;3H,1,4-5H2,2H3. The minimum absolute atomic E-state index is 1.15. The molecule has 1 aliphatic rings. The first-order valence-electron chi connectivity index (χ1n) is 4.52. The second kappa shape index (κ2) is 8.74. The first-order chi connectivity index (χ1) is 4.91. The van der Waals surface area contributed by atoms with Gasteiger partial charge < -0.3 is 0 Å². The molecule has 0 aliphatic heterocycles. The molecule has 1 rings (SSSR count). The minimum Gasteiger partial charge on any atom is -0.103 e. The number of hydrogen-bond donors (Lipinski definition) is 0. The smallest absolute Gasteiger partial charge is 0.0356 e. The molecule has 1 fully saturated rings. The Morgan fingerprint density at radius 1 is 1.10 bits per heavy atom. The maximum absolute atomic E-state index is 3.55. The van der Waals surface area contributed by atoms with Crippen molar-refractivity contribution >= 4 is 0 Å². The Morgan fingerprint density at radius 3 is 1.60 bits per heavy atom. The summed E-state index contributed by atoms with van der Waals surface area (Å²) < 4.78 is 0. The van der Waals surface area contributed by atoms with Gasteiger partial charge in [-0.05, 0) is 6.42 Å². The van der Waals surface area contributed by atoms with Crippen LogP contribution in [0.5, 0.6) is 0 Å². The van der Waals surface area contributed by atoms with Crippen molar-refractivity contribution in [3.8, 4) is 0 Å². The van der Waals surface area contributed by atoms with Crippen LogP contribution in [0.3, 0.4) is 0 Å². The number of rotatable bonds is 2. The molecule has 0 aromatic rings. The maximum atomic E-state index is 3.55. The van der Waals surface area contributed by atoms with Crippen LogP contribution in [0.25, 0.3) is 0 Å². The van der Waals surface area contributed by atoms with E-state index in [4.69, 9.17) is 0 Å². The monoisotopic (exact) mass is 140 g/mol. The van der Waals surface area contributed by atoms with Gasteiger partial charge in [0.1, 0.15) is 0 Å². The van der Waals surface area contributed by atoms with E-state index in [1.54, 1.807) is 0 Å². The molecule has 60 valence electrons. The average Bonchev–Trinajstić information content (AvgIpc) is 2.44. The predicted molar refractivity (Wildman–Crippen MR) is 48.2 cm³/mol. The molecule has 0 heterocycles. The molecule has 1 aliphatic carbocycles. The fraction of sp³-hybridized carbons (Fsp3) is 0.800. The van der Waals surface area contributed by atoms with E-state index in [2.05, 4.69) is 13.5 Å². The summed E-state index contributed by atoms with van der Waals surface area (Å²) >= 11 is 0. The molecule has 0 bridgehead atoms. The first kappa shape index (κ1) is 9.74. The molecule has 0 spiro atoms. The predicted octanol–water partition coefficient (Wildman–Crippen LogP) is 3.92. The highest BCUT2D eigenvalue weighted by atomic mass is 14.0. The summed E-state index contributed by atoms with van der Waals surface area (Å²) in [6.45, 7) is 5.69. The molecule has 1 saturated carbocycles. The largest absolute Gasteiger partial charge is 0.103 e. The Morgan fingerprint density at radius 2 is 1.50 bits per heavy atom. The quantitative estimate of drug-likeness (QED) is 0.510. The summed E-state index contributed by atoms with van der Waals surface area (Å²) in [6.07, 6.45) is 11.8. The van der Waals surface area contributed by atoms with Crippen LogP contribution in [0.1, 0.15) is 51.9 Å². The van der Waals surface area contributed by atoms with Crippen LogP contribution in [-0.4, -0.2) is 0 Å². The van der Waals surface area contributed by atoms with Crippen LogP contribution in [0.15, 0.2) is 12.7 Å². The van der Waals surface area contributed by atoms with Gasteiger partial charge >= 0.3 is 0 Å². The van der Waals surface area contributed by atoms with Crippen molar-refractivity contribution in [2.24, 2.45) is 0 Å². The normalized spacial score (nSPS) is 15.7. The Hall–Kier alpha value is -0.260. The van der Waals surface area contributed by atoms with Crippen LogP contribution in [0.4, 0.5) is 0 Å². The third-order valence-electron chi connectivity index (χ3n) is 1.74. The van der Waals surface area contributed by atoms with Crippen LogP contribution in [0.2, 0.25) is 0 Å². The highest BCUT2D eigenvalue weighted by Gasteiger charge is 1.95. The van der Waals surface area contributed by atoms with Gasteiger partial charge in [0.25, 0.3) is 0 Å². The number of hydrogen-bond acceptors (Lipinski definition) is 0. The molecule has 0 heteroatoms. The maximum Gasteiger partial charge on any atom is -0.0356 e. The highest BCUT2D eigenvalue weighted by Crippen LogP contribution is 2.15. The average molecular weight is 140 g/mol. The van der Waals surface area contributed by atoms with Crippen molar-refractivity contribution in [1.29, 1.82) is 0 Å². The second-order valence-electron chi connectivity index (χ2n) is 2.85. The van der Waals surface area contributed by atoms with Gasteiger partial charge in [0.2, 0.25) is 0 Å². The fourth-order valence-electron chi connectivity index (χ4n) is 1.09. The van der Waals surface area contributed by atoms with E-state index in [0.717, 1.165) is 6.42 Å². The van der Waals surface area contributed by atoms with Crippen LogP contribution in [0, 0.1) is 0 Å². The summed E-state index contributed by atoms with van der Waals surface area (Å²) in [4.78, 5) is 0. The zero-order valence-electron chi connectivity index (χ0n) is 7.23. The van der Waals surface area contributed by atoms with Crippen molar-refractivity contribution in [3.63, 3.8) is 0 Å². The molecule has 0 unspecified atom stereocenters. The Bertz CT molecular complexity index is 52.8. The summed E-state index contributed by atoms with van der Waals surface area (Å²) in [5.41, 5.74) is 0. The summed E-state index contributed by atoms with van der Waals surface area (Å²) in [5, 5.41) is 0. The Balaban J connectivity index is 0.000000162. The first-order valence-corrected chi connectivity index (χ1v) is 4.52. The van der Waals surface area contributed by atoms with Gasteiger partial charge in [-0.25, -0.2) is 0 Å². The topological polar surface area (TPSA) is 0 Å². The Kier molecular flexibility index (Phi) is 8.51. The molecule has 0 aromatic carbocycles. The lowest BCUT2D eigenvalue weighted by atomic mass is 10.3. The molecule has 0 nitrogen and oxygen atoms in total. The third kappa shape index (κ3) is 7.74. The van der Waals surface area contributed by atoms with Gasteiger partial charge in [-0.3, -0.25) is 0 Å². The molecule has 0 aromatic heterocycles. The van der Waals surface area contributed by atoms with Gasteiger partial charge in [-0.1, -0.05) is 51.5 Å². The summed E-state index contributed by atoms with van der Waals surface area (Å²) in [6, 6.07) is 0. The lowest BCUT2D eigenvalue weighted by Crippen LogP contribution is -1.52. The second-order valence-corrected chi connectivity index (χ2v) is 2.85. The molecule has 0 radical (unpaired) electrons. The zero-order chi connectivity index (χ0) is 7.66.